The van der Waals surface area contributed by atoms with Gasteiger partial charge in [-0.2, -0.15) is 5.10 Å². The van der Waals surface area contributed by atoms with Gasteiger partial charge in [-0.3, -0.25) is 14.3 Å². The third kappa shape index (κ3) is 6.40. The van der Waals surface area contributed by atoms with Crippen molar-refractivity contribution in [1.29, 1.82) is 0 Å². The quantitative estimate of drug-likeness (QED) is 0.546. The molecule has 6 nitrogen and oxygen atoms in total. The number of carbonyl (C=O) groups is 2. The van der Waals surface area contributed by atoms with Crippen molar-refractivity contribution < 1.29 is 14.7 Å². The number of carbonyl (C=O) groups excluding carboxylic acids is 1. The van der Waals surface area contributed by atoms with Crippen LogP contribution in [0.1, 0.15) is 31.4 Å². The number of hydrogen-bond acceptors (Lipinski definition) is 3. The Balaban J connectivity index is 2.13. The molecule has 0 aromatic carbocycles. The molecule has 0 radical (unpaired) electrons. The Morgan fingerprint density at radius 2 is 2.21 bits per heavy atom. The molecule has 0 atom stereocenters. The highest BCUT2D eigenvalue weighted by atomic mass is 16.4. The Labute approximate surface area is 112 Å². The number of nitrogens with zero attached hydrogens (tertiary/aromatic N) is 2. The van der Waals surface area contributed by atoms with Gasteiger partial charge in [0.1, 0.15) is 0 Å². The van der Waals surface area contributed by atoms with Crippen LogP contribution in [0.3, 0.4) is 0 Å². The molecule has 0 aliphatic heterocycles. The lowest BCUT2D eigenvalue weighted by Crippen LogP contribution is -2.22. The zero-order chi connectivity index (χ0) is 14.1. The van der Waals surface area contributed by atoms with Gasteiger partial charge in [-0.1, -0.05) is 6.42 Å². The number of rotatable bonds is 8. The molecule has 0 aliphatic rings. The molecule has 1 rings (SSSR count). The van der Waals surface area contributed by atoms with E-state index in [1.165, 1.54) is 6.08 Å². The molecule has 1 amide bonds. The van der Waals surface area contributed by atoms with Crippen molar-refractivity contribution >= 4 is 18.0 Å². The summed E-state index contributed by atoms with van der Waals surface area (Å²) in [5.41, 5.74) is 0.858. The maximum atomic E-state index is 11.5. The molecule has 0 spiro atoms. The maximum Gasteiger partial charge on any atom is 0.303 e. The number of aromatic nitrogens is 2. The normalized spacial score (nSPS) is 10.8. The molecule has 0 saturated carbocycles. The van der Waals surface area contributed by atoms with Crippen LogP contribution in [0.25, 0.3) is 6.08 Å². The third-order valence-corrected chi connectivity index (χ3v) is 2.63. The molecule has 104 valence electrons. The second-order valence-corrected chi connectivity index (χ2v) is 4.21. The van der Waals surface area contributed by atoms with Crippen LogP contribution in [-0.4, -0.2) is 33.3 Å². The van der Waals surface area contributed by atoms with E-state index in [0.29, 0.717) is 13.0 Å². The average molecular weight is 265 g/mol. The van der Waals surface area contributed by atoms with Gasteiger partial charge in [-0.05, 0) is 25.0 Å². The lowest BCUT2D eigenvalue weighted by molar-refractivity contribution is -0.137. The monoisotopic (exact) mass is 265 g/mol. The van der Waals surface area contributed by atoms with Gasteiger partial charge in [-0.25, -0.2) is 0 Å². The second kappa shape index (κ2) is 8.07. The number of aliphatic carboxylic acids is 1. The summed E-state index contributed by atoms with van der Waals surface area (Å²) in [4.78, 5) is 21.7. The molecule has 0 saturated heterocycles. The fourth-order valence-corrected chi connectivity index (χ4v) is 1.56. The number of unbranched alkanes of at least 4 members (excludes halogenated alkanes) is 2. The third-order valence-electron chi connectivity index (χ3n) is 2.63. The van der Waals surface area contributed by atoms with Crippen molar-refractivity contribution in [3.05, 3.63) is 24.0 Å². The summed E-state index contributed by atoms with van der Waals surface area (Å²) >= 11 is 0. The van der Waals surface area contributed by atoms with E-state index in [1.54, 1.807) is 24.0 Å². The van der Waals surface area contributed by atoms with Gasteiger partial charge in [-0.15, -0.1) is 0 Å². The topological polar surface area (TPSA) is 84.2 Å². The Bertz CT molecular complexity index is 452. The van der Waals surface area contributed by atoms with Crippen LogP contribution in [0.5, 0.6) is 0 Å². The smallest absolute Gasteiger partial charge is 0.303 e. The number of carboxylic acid groups (broad SMARTS) is 1. The molecule has 0 fully saturated rings. The van der Waals surface area contributed by atoms with Crippen LogP contribution in [0.2, 0.25) is 0 Å². The molecule has 0 unspecified atom stereocenters. The number of aryl methyl sites for hydroxylation is 1. The molecule has 1 aromatic rings. The Morgan fingerprint density at radius 1 is 1.42 bits per heavy atom. The van der Waals surface area contributed by atoms with Crippen LogP contribution < -0.4 is 5.32 Å². The van der Waals surface area contributed by atoms with Crippen molar-refractivity contribution in [3.63, 3.8) is 0 Å². The van der Waals surface area contributed by atoms with Gasteiger partial charge >= 0.3 is 5.97 Å². The summed E-state index contributed by atoms with van der Waals surface area (Å²) in [6.07, 6.45) is 7.27. The summed E-state index contributed by atoms with van der Waals surface area (Å²) in [6, 6.07) is 1.82. The van der Waals surface area contributed by atoms with E-state index in [2.05, 4.69) is 10.4 Å². The van der Waals surface area contributed by atoms with Gasteiger partial charge in [0.15, 0.2) is 0 Å². The van der Waals surface area contributed by atoms with Gasteiger partial charge in [0.2, 0.25) is 5.91 Å². The Kier molecular flexibility index (Phi) is 6.35. The minimum absolute atomic E-state index is 0.153. The summed E-state index contributed by atoms with van der Waals surface area (Å²) in [6.45, 7) is 0.564. The molecular weight excluding hydrogens is 246 g/mol. The van der Waals surface area contributed by atoms with Crippen LogP contribution in [0, 0.1) is 0 Å². The predicted molar refractivity (Wildman–Crippen MR) is 71.4 cm³/mol. The van der Waals surface area contributed by atoms with Crippen molar-refractivity contribution in [2.45, 2.75) is 25.7 Å². The maximum absolute atomic E-state index is 11.5. The molecule has 1 aromatic heterocycles. The van der Waals surface area contributed by atoms with Crippen LogP contribution in [0.15, 0.2) is 18.3 Å². The van der Waals surface area contributed by atoms with Gasteiger partial charge < -0.3 is 10.4 Å². The zero-order valence-corrected chi connectivity index (χ0v) is 11.0. The highest BCUT2D eigenvalue weighted by molar-refractivity contribution is 5.91. The molecular formula is C13H19N3O3. The standard InChI is InChI=1S/C13H19N3O3/c1-16-11(8-10-15-16)6-7-12(17)14-9-4-2-3-5-13(18)19/h6-8,10H,2-5,9H2,1H3,(H,14,17)(H,18,19)/b7-6+. The summed E-state index contributed by atoms with van der Waals surface area (Å²) < 4.78 is 1.68. The lowest BCUT2D eigenvalue weighted by Gasteiger charge is -2.01. The van der Waals surface area contributed by atoms with E-state index in [0.717, 1.165) is 18.5 Å². The van der Waals surface area contributed by atoms with E-state index in [4.69, 9.17) is 5.11 Å². The van der Waals surface area contributed by atoms with E-state index < -0.39 is 5.97 Å². The largest absolute Gasteiger partial charge is 0.481 e. The van der Waals surface area contributed by atoms with Crippen LogP contribution in [0.4, 0.5) is 0 Å². The second-order valence-electron chi connectivity index (χ2n) is 4.21. The van der Waals surface area contributed by atoms with E-state index >= 15 is 0 Å². The minimum Gasteiger partial charge on any atom is -0.481 e. The Morgan fingerprint density at radius 3 is 2.84 bits per heavy atom. The van der Waals surface area contributed by atoms with Crippen molar-refractivity contribution in [2.24, 2.45) is 7.05 Å². The number of amides is 1. The minimum atomic E-state index is -0.775. The number of carboxylic acids is 1. The van der Waals surface area contributed by atoms with Gasteiger partial charge in [0, 0.05) is 32.3 Å². The highest BCUT2D eigenvalue weighted by Crippen LogP contribution is 2.00. The van der Waals surface area contributed by atoms with E-state index in [1.807, 2.05) is 6.07 Å². The summed E-state index contributed by atoms with van der Waals surface area (Å²) in [5, 5.41) is 15.2. The SMILES string of the molecule is Cn1nccc1/C=C/C(=O)NCCCCCC(=O)O. The molecule has 0 aliphatic carbocycles. The fraction of sp³-hybridized carbons (Fsp3) is 0.462. The Hall–Kier alpha value is -2.11. The van der Waals surface area contributed by atoms with Crippen LogP contribution in [-0.2, 0) is 16.6 Å². The van der Waals surface area contributed by atoms with E-state index in [-0.39, 0.29) is 12.3 Å². The molecule has 2 N–H and O–H groups in total. The van der Waals surface area contributed by atoms with Gasteiger partial charge in [0.05, 0.1) is 5.69 Å². The predicted octanol–water partition coefficient (Wildman–Crippen LogP) is 1.19. The zero-order valence-electron chi connectivity index (χ0n) is 11.0. The lowest BCUT2D eigenvalue weighted by atomic mass is 10.2. The summed E-state index contributed by atoms with van der Waals surface area (Å²) in [7, 11) is 1.81. The number of hydrogen-bond donors (Lipinski definition) is 2. The summed E-state index contributed by atoms with van der Waals surface area (Å²) in [5.74, 6) is -0.928. The average Bonchev–Trinajstić information content (AvgIpc) is 2.76. The van der Waals surface area contributed by atoms with Gasteiger partial charge in [0.25, 0.3) is 0 Å². The first kappa shape index (κ1) is 14.9. The number of nitrogens with one attached hydrogen (secondary N) is 1. The molecule has 19 heavy (non-hydrogen) atoms. The van der Waals surface area contributed by atoms with Crippen molar-refractivity contribution in [3.8, 4) is 0 Å². The van der Waals surface area contributed by atoms with Crippen LogP contribution >= 0.6 is 0 Å². The van der Waals surface area contributed by atoms with E-state index in [9.17, 15) is 9.59 Å². The first-order valence-corrected chi connectivity index (χ1v) is 6.25. The first-order chi connectivity index (χ1) is 9.09. The van der Waals surface area contributed by atoms with Crippen molar-refractivity contribution in [2.75, 3.05) is 6.54 Å². The molecule has 0 bridgehead atoms. The highest BCUT2D eigenvalue weighted by Gasteiger charge is 1.98. The van der Waals surface area contributed by atoms with Crippen molar-refractivity contribution in [1.82, 2.24) is 15.1 Å². The molecule has 6 heteroatoms. The molecule has 1 heterocycles. The first-order valence-electron chi connectivity index (χ1n) is 6.25. The fourth-order valence-electron chi connectivity index (χ4n) is 1.56.